The monoisotopic (exact) mass is 293 g/mol. The van der Waals surface area contributed by atoms with E-state index >= 15 is 0 Å². The van der Waals surface area contributed by atoms with Crippen molar-refractivity contribution in [1.29, 1.82) is 0 Å². The van der Waals surface area contributed by atoms with Gasteiger partial charge in [-0.15, -0.1) is 0 Å². The molecule has 1 heterocycles. The normalized spacial score (nSPS) is 19.4. The fourth-order valence-corrected chi connectivity index (χ4v) is 2.68. The molecule has 2 rings (SSSR count). The number of piperidine rings is 1. The topological polar surface area (TPSA) is 44.4 Å². The van der Waals surface area contributed by atoms with E-state index in [-0.39, 0.29) is 11.7 Å². The molecule has 0 bridgehead atoms. The van der Waals surface area contributed by atoms with E-state index in [0.29, 0.717) is 18.3 Å². The Labute approximate surface area is 125 Å². The molecule has 1 saturated heterocycles. The summed E-state index contributed by atoms with van der Waals surface area (Å²) in [6.07, 6.45) is 3.40. The predicted molar refractivity (Wildman–Crippen MR) is 82.8 cm³/mol. The van der Waals surface area contributed by atoms with E-state index in [2.05, 4.69) is 22.5 Å². The summed E-state index contributed by atoms with van der Waals surface area (Å²) in [6.45, 7) is 5.38. The maximum absolute atomic E-state index is 13.1. The molecule has 1 aliphatic rings. The third-order valence-electron chi connectivity index (χ3n) is 3.66. The van der Waals surface area contributed by atoms with Gasteiger partial charge in [-0.05, 0) is 50.6 Å². The van der Waals surface area contributed by atoms with Gasteiger partial charge in [0, 0.05) is 18.3 Å². The number of likely N-dealkylation sites (tertiary alicyclic amines) is 1. The minimum Gasteiger partial charge on any atom is -0.325 e. The molecule has 1 fully saturated rings. The van der Waals surface area contributed by atoms with Crippen LogP contribution in [0.1, 0.15) is 26.2 Å². The highest BCUT2D eigenvalue weighted by atomic mass is 19.1. The number of benzene rings is 1. The lowest BCUT2D eigenvalue weighted by molar-refractivity contribution is -0.117. The minimum absolute atomic E-state index is 0.0864. The van der Waals surface area contributed by atoms with Gasteiger partial charge < -0.3 is 10.6 Å². The standard InChI is InChI=1S/C16H24FN3O/c1-2-8-18-15-7-4-9-20(11-15)12-16(21)19-14-6-3-5-13(17)10-14/h3,5-6,10,15,18H,2,4,7-9,11-12H2,1H3,(H,19,21). The molecule has 1 aromatic rings. The second kappa shape index (κ2) is 8.10. The Hall–Kier alpha value is -1.46. The summed E-state index contributed by atoms with van der Waals surface area (Å²) in [5, 5.41) is 6.26. The van der Waals surface area contributed by atoms with E-state index in [4.69, 9.17) is 0 Å². The predicted octanol–water partition coefficient (Wildman–Crippen LogP) is 2.23. The van der Waals surface area contributed by atoms with Crippen LogP contribution in [0.4, 0.5) is 10.1 Å². The van der Waals surface area contributed by atoms with Crippen molar-refractivity contribution in [3.8, 4) is 0 Å². The third-order valence-corrected chi connectivity index (χ3v) is 3.66. The zero-order valence-electron chi connectivity index (χ0n) is 12.6. The lowest BCUT2D eigenvalue weighted by atomic mass is 10.1. The van der Waals surface area contributed by atoms with Crippen molar-refractivity contribution in [3.05, 3.63) is 30.1 Å². The number of carbonyl (C=O) groups excluding carboxylic acids is 1. The average Bonchev–Trinajstić information content (AvgIpc) is 2.45. The summed E-state index contributed by atoms with van der Waals surface area (Å²) in [5.74, 6) is -0.425. The summed E-state index contributed by atoms with van der Waals surface area (Å²) in [7, 11) is 0. The number of carbonyl (C=O) groups is 1. The van der Waals surface area contributed by atoms with Gasteiger partial charge in [0.1, 0.15) is 5.82 Å². The molecular formula is C16H24FN3O. The molecule has 1 aromatic carbocycles. The Morgan fingerprint density at radius 3 is 3.10 bits per heavy atom. The molecule has 116 valence electrons. The van der Waals surface area contributed by atoms with Crippen molar-refractivity contribution < 1.29 is 9.18 Å². The SMILES string of the molecule is CCCNC1CCCN(CC(=O)Nc2cccc(F)c2)C1. The van der Waals surface area contributed by atoms with E-state index < -0.39 is 0 Å². The number of anilines is 1. The molecule has 0 aromatic heterocycles. The number of nitrogens with zero attached hydrogens (tertiary/aromatic N) is 1. The number of hydrogen-bond acceptors (Lipinski definition) is 3. The van der Waals surface area contributed by atoms with Crippen molar-refractivity contribution in [2.75, 3.05) is 31.5 Å². The lowest BCUT2D eigenvalue weighted by Gasteiger charge is -2.32. The second-order valence-electron chi connectivity index (χ2n) is 5.59. The molecule has 0 saturated carbocycles. The number of amides is 1. The quantitative estimate of drug-likeness (QED) is 0.845. The Kier molecular flexibility index (Phi) is 6.14. The molecule has 1 unspecified atom stereocenters. The molecule has 1 amide bonds. The summed E-state index contributed by atoms with van der Waals surface area (Å²) in [5.41, 5.74) is 0.512. The van der Waals surface area contributed by atoms with Gasteiger partial charge in [0.25, 0.3) is 0 Å². The highest BCUT2D eigenvalue weighted by Crippen LogP contribution is 2.12. The van der Waals surface area contributed by atoms with Crippen molar-refractivity contribution in [1.82, 2.24) is 10.2 Å². The smallest absolute Gasteiger partial charge is 0.238 e. The maximum Gasteiger partial charge on any atom is 0.238 e. The fourth-order valence-electron chi connectivity index (χ4n) is 2.68. The van der Waals surface area contributed by atoms with Gasteiger partial charge >= 0.3 is 0 Å². The van der Waals surface area contributed by atoms with Crippen molar-refractivity contribution >= 4 is 11.6 Å². The van der Waals surface area contributed by atoms with E-state index in [0.717, 1.165) is 32.5 Å². The summed E-state index contributed by atoms with van der Waals surface area (Å²) in [6, 6.07) is 6.46. The number of hydrogen-bond donors (Lipinski definition) is 2. The van der Waals surface area contributed by atoms with Crippen LogP contribution in [0.3, 0.4) is 0 Å². The average molecular weight is 293 g/mol. The highest BCUT2D eigenvalue weighted by molar-refractivity contribution is 5.92. The number of rotatable bonds is 6. The van der Waals surface area contributed by atoms with E-state index in [1.807, 2.05) is 0 Å². The maximum atomic E-state index is 13.1. The van der Waals surface area contributed by atoms with Crippen LogP contribution in [0.15, 0.2) is 24.3 Å². The first-order valence-electron chi connectivity index (χ1n) is 7.68. The number of halogens is 1. The van der Waals surface area contributed by atoms with E-state index in [1.165, 1.54) is 18.6 Å². The summed E-state index contributed by atoms with van der Waals surface area (Å²) < 4.78 is 13.1. The number of nitrogens with one attached hydrogen (secondary N) is 2. The first kappa shape index (κ1) is 15.9. The molecule has 1 aliphatic heterocycles. The first-order valence-corrected chi connectivity index (χ1v) is 7.68. The molecule has 21 heavy (non-hydrogen) atoms. The van der Waals surface area contributed by atoms with Gasteiger partial charge in [-0.25, -0.2) is 4.39 Å². The van der Waals surface area contributed by atoms with Gasteiger partial charge in [0.15, 0.2) is 0 Å². The van der Waals surface area contributed by atoms with Crippen molar-refractivity contribution in [3.63, 3.8) is 0 Å². The molecule has 2 N–H and O–H groups in total. The van der Waals surface area contributed by atoms with Crippen LogP contribution >= 0.6 is 0 Å². The molecule has 0 aliphatic carbocycles. The summed E-state index contributed by atoms with van der Waals surface area (Å²) in [4.78, 5) is 14.2. The van der Waals surface area contributed by atoms with Crippen molar-refractivity contribution in [2.24, 2.45) is 0 Å². The van der Waals surface area contributed by atoms with Gasteiger partial charge in [-0.3, -0.25) is 9.69 Å². The Morgan fingerprint density at radius 1 is 1.48 bits per heavy atom. The van der Waals surface area contributed by atoms with Gasteiger partial charge in [0.05, 0.1) is 6.54 Å². The van der Waals surface area contributed by atoms with E-state index in [9.17, 15) is 9.18 Å². The van der Waals surface area contributed by atoms with Crippen LogP contribution in [-0.4, -0.2) is 43.0 Å². The second-order valence-corrected chi connectivity index (χ2v) is 5.59. The van der Waals surface area contributed by atoms with Crippen LogP contribution in [0, 0.1) is 5.82 Å². The van der Waals surface area contributed by atoms with Crippen molar-refractivity contribution in [2.45, 2.75) is 32.2 Å². The minimum atomic E-state index is -0.338. The van der Waals surface area contributed by atoms with Gasteiger partial charge in [0.2, 0.25) is 5.91 Å². The molecule has 1 atom stereocenters. The van der Waals surface area contributed by atoms with Crippen LogP contribution in [0.2, 0.25) is 0 Å². The lowest BCUT2D eigenvalue weighted by Crippen LogP contribution is -2.48. The Bertz CT molecular complexity index is 467. The zero-order chi connectivity index (χ0) is 15.1. The van der Waals surface area contributed by atoms with Crippen LogP contribution in [0.5, 0.6) is 0 Å². The van der Waals surface area contributed by atoms with Crippen LogP contribution < -0.4 is 10.6 Å². The summed E-state index contributed by atoms with van der Waals surface area (Å²) >= 11 is 0. The van der Waals surface area contributed by atoms with Crippen LogP contribution in [-0.2, 0) is 4.79 Å². The Morgan fingerprint density at radius 2 is 2.33 bits per heavy atom. The molecule has 0 spiro atoms. The third kappa shape index (κ3) is 5.44. The highest BCUT2D eigenvalue weighted by Gasteiger charge is 2.20. The van der Waals surface area contributed by atoms with E-state index in [1.54, 1.807) is 12.1 Å². The molecule has 4 nitrogen and oxygen atoms in total. The molecule has 0 radical (unpaired) electrons. The fraction of sp³-hybridized carbons (Fsp3) is 0.562. The first-order chi connectivity index (χ1) is 10.2. The van der Waals surface area contributed by atoms with Crippen LogP contribution in [0.25, 0.3) is 0 Å². The largest absolute Gasteiger partial charge is 0.325 e. The molecule has 5 heteroatoms. The Balaban J connectivity index is 1.79. The van der Waals surface area contributed by atoms with Gasteiger partial charge in [-0.1, -0.05) is 13.0 Å². The zero-order valence-corrected chi connectivity index (χ0v) is 12.6. The molecular weight excluding hydrogens is 269 g/mol. The van der Waals surface area contributed by atoms with Gasteiger partial charge in [-0.2, -0.15) is 0 Å².